The fraction of sp³-hybridized carbons (Fsp3) is 0.300. The number of rotatable bonds is 2. The third-order valence-corrected chi connectivity index (χ3v) is 1.85. The van der Waals surface area contributed by atoms with Crippen LogP contribution in [-0.4, -0.2) is 27.0 Å². The Morgan fingerprint density at radius 1 is 1.36 bits per heavy atom. The van der Waals surface area contributed by atoms with Crippen molar-refractivity contribution in [1.82, 2.24) is 0 Å². The Morgan fingerprint density at radius 2 is 2.07 bits per heavy atom. The van der Waals surface area contributed by atoms with Crippen LogP contribution in [0.25, 0.3) is 0 Å². The molecule has 0 atom stereocenters. The summed E-state index contributed by atoms with van der Waals surface area (Å²) in [4.78, 5) is 3.97. The molecule has 0 aliphatic heterocycles. The quantitative estimate of drug-likeness (QED) is 0.597. The van der Waals surface area contributed by atoms with Gasteiger partial charge in [0.15, 0.2) is 0 Å². The van der Waals surface area contributed by atoms with E-state index in [0.29, 0.717) is 11.3 Å². The minimum atomic E-state index is -0.412. The maximum atomic E-state index is 11.3. The van der Waals surface area contributed by atoms with Crippen molar-refractivity contribution in [3.63, 3.8) is 0 Å². The van der Waals surface area contributed by atoms with Gasteiger partial charge in [0.1, 0.15) is 5.76 Å². The minimum Gasteiger partial charge on any atom is -0.616 e. The number of allylic oxidation sites excluding steroid dienone is 3. The van der Waals surface area contributed by atoms with Gasteiger partial charge in [0, 0.05) is 18.7 Å². The Kier molecular flexibility index (Phi) is 3.34. The van der Waals surface area contributed by atoms with Crippen LogP contribution < -0.4 is 5.11 Å². The van der Waals surface area contributed by atoms with Gasteiger partial charge in [-0.15, -0.1) is 0 Å². The van der Waals surface area contributed by atoms with Crippen LogP contribution in [0.2, 0.25) is 0 Å². The number of nitrogens with zero attached hydrogens (tertiary/aromatic N) is 1. The normalized spacial score (nSPS) is 21.9. The second kappa shape index (κ2) is 4.50. The van der Waals surface area contributed by atoms with Gasteiger partial charge < -0.3 is 14.6 Å². The van der Waals surface area contributed by atoms with E-state index >= 15 is 0 Å². The Labute approximate surface area is 82.9 Å². The lowest BCUT2D eigenvalue weighted by Gasteiger charge is -2.18. The molecule has 0 unspecified atom stereocenters. The van der Waals surface area contributed by atoms with E-state index in [1.807, 2.05) is 0 Å². The molecule has 0 aromatic carbocycles. The van der Waals surface area contributed by atoms with Crippen molar-refractivity contribution in [3.05, 3.63) is 35.5 Å². The first kappa shape index (κ1) is 10.4. The summed E-state index contributed by atoms with van der Waals surface area (Å²) in [6.45, 7) is 0. The van der Waals surface area contributed by atoms with Gasteiger partial charge in [0.2, 0.25) is 0 Å². The summed E-state index contributed by atoms with van der Waals surface area (Å²) in [5.41, 5.74) is 1.16. The molecule has 0 aromatic rings. The topological polar surface area (TPSA) is 53.9 Å². The third kappa shape index (κ3) is 1.96. The van der Waals surface area contributed by atoms with E-state index in [2.05, 4.69) is 9.73 Å². The zero-order valence-electron chi connectivity index (χ0n) is 8.40. The lowest BCUT2D eigenvalue weighted by molar-refractivity contribution is -0.354. The van der Waals surface area contributed by atoms with E-state index in [1.54, 1.807) is 25.3 Å². The molecule has 0 saturated heterocycles. The average Bonchev–Trinajstić information content (AvgIpc) is 2.27. The largest absolute Gasteiger partial charge is 0.616 e. The predicted octanol–water partition coefficient (Wildman–Crippen LogP) is 0.376. The van der Waals surface area contributed by atoms with Crippen molar-refractivity contribution in [2.45, 2.75) is 0 Å². The highest BCUT2D eigenvalue weighted by molar-refractivity contribution is 6.06. The Balaban J connectivity index is 3.10. The predicted molar refractivity (Wildman–Crippen MR) is 51.6 cm³/mol. The standard InChI is InChI=1S/C10H13NO3/c1-11-7-4-5-8(10(12)14-3)9(6-7)13-2/h4-6,12H,1-3H3/p-1. The van der Waals surface area contributed by atoms with Crippen LogP contribution in [0.1, 0.15) is 0 Å². The molecule has 0 saturated carbocycles. The second-order valence-electron chi connectivity index (χ2n) is 2.60. The van der Waals surface area contributed by atoms with Gasteiger partial charge in [-0.05, 0) is 19.3 Å². The molecule has 14 heavy (non-hydrogen) atoms. The molecule has 1 aliphatic carbocycles. The lowest BCUT2D eigenvalue weighted by atomic mass is 10.1. The summed E-state index contributed by atoms with van der Waals surface area (Å²) in [6.07, 6.45) is 5.05. The molecule has 0 bridgehead atoms. The van der Waals surface area contributed by atoms with E-state index in [-0.39, 0.29) is 0 Å². The maximum absolute atomic E-state index is 11.3. The van der Waals surface area contributed by atoms with E-state index in [4.69, 9.17) is 4.74 Å². The smallest absolute Gasteiger partial charge is 0.130 e. The molecule has 4 nitrogen and oxygen atoms in total. The van der Waals surface area contributed by atoms with Gasteiger partial charge in [-0.2, -0.15) is 0 Å². The molecule has 4 heteroatoms. The monoisotopic (exact) mass is 194 g/mol. The lowest BCUT2D eigenvalue weighted by Crippen LogP contribution is -2.13. The van der Waals surface area contributed by atoms with E-state index < -0.39 is 5.95 Å². The number of hydrogen-bond acceptors (Lipinski definition) is 4. The number of aliphatic imine (C=N–C) groups is 1. The van der Waals surface area contributed by atoms with Crippen molar-refractivity contribution < 1.29 is 14.6 Å². The summed E-state index contributed by atoms with van der Waals surface area (Å²) in [6, 6.07) is 0. The zero-order chi connectivity index (χ0) is 10.6. The van der Waals surface area contributed by atoms with Crippen LogP contribution >= 0.6 is 0 Å². The van der Waals surface area contributed by atoms with Gasteiger partial charge in [0.25, 0.3) is 0 Å². The first-order chi connectivity index (χ1) is 6.72. The molecule has 0 spiro atoms. The number of hydrogen-bond donors (Lipinski definition) is 0. The molecule has 0 N–H and O–H groups in total. The second-order valence-corrected chi connectivity index (χ2v) is 2.60. The first-order valence-corrected chi connectivity index (χ1v) is 4.09. The Bertz CT molecular complexity index is 337. The Morgan fingerprint density at radius 3 is 2.57 bits per heavy atom. The van der Waals surface area contributed by atoms with E-state index in [1.165, 1.54) is 14.2 Å². The molecule has 0 amide bonds. The molecular formula is C10H12NO3-. The van der Waals surface area contributed by atoms with Crippen LogP contribution in [0.3, 0.4) is 0 Å². The Hall–Kier alpha value is -1.71. The molecule has 1 rings (SSSR count). The maximum Gasteiger partial charge on any atom is 0.130 e. The van der Waals surface area contributed by atoms with Crippen LogP contribution in [0.5, 0.6) is 0 Å². The molecule has 1 aliphatic rings. The molecular weight excluding hydrogens is 182 g/mol. The zero-order valence-corrected chi connectivity index (χ0v) is 8.40. The summed E-state index contributed by atoms with van der Waals surface area (Å²) in [7, 11) is 4.51. The molecule has 0 radical (unpaired) electrons. The van der Waals surface area contributed by atoms with Crippen molar-refractivity contribution in [2.75, 3.05) is 21.3 Å². The summed E-state index contributed by atoms with van der Waals surface area (Å²) in [5.74, 6) is 0.0597. The SMILES string of the molecule is CN=C1C=CC(=C([O-])OC)C(OC)=C1. The van der Waals surface area contributed by atoms with Gasteiger partial charge in [0.05, 0.1) is 18.8 Å². The van der Waals surface area contributed by atoms with Crippen molar-refractivity contribution in [2.24, 2.45) is 4.99 Å². The highest BCUT2D eigenvalue weighted by Crippen LogP contribution is 2.19. The fourth-order valence-electron chi connectivity index (χ4n) is 1.10. The average molecular weight is 194 g/mol. The van der Waals surface area contributed by atoms with Crippen LogP contribution in [0, 0.1) is 0 Å². The minimum absolute atomic E-state index is 0.405. The number of methoxy groups -OCH3 is 2. The van der Waals surface area contributed by atoms with Gasteiger partial charge in [-0.3, -0.25) is 4.99 Å². The van der Waals surface area contributed by atoms with Gasteiger partial charge in [-0.1, -0.05) is 0 Å². The van der Waals surface area contributed by atoms with Crippen LogP contribution in [-0.2, 0) is 9.47 Å². The summed E-state index contributed by atoms with van der Waals surface area (Å²) < 4.78 is 9.65. The highest BCUT2D eigenvalue weighted by Gasteiger charge is 2.10. The van der Waals surface area contributed by atoms with Crippen LogP contribution in [0.4, 0.5) is 0 Å². The van der Waals surface area contributed by atoms with Gasteiger partial charge >= 0.3 is 0 Å². The molecule has 76 valence electrons. The highest BCUT2D eigenvalue weighted by atomic mass is 16.6. The summed E-state index contributed by atoms with van der Waals surface area (Å²) in [5, 5.41) is 11.3. The van der Waals surface area contributed by atoms with Crippen molar-refractivity contribution in [1.29, 1.82) is 0 Å². The van der Waals surface area contributed by atoms with Crippen LogP contribution in [0.15, 0.2) is 40.5 Å². The fourth-order valence-corrected chi connectivity index (χ4v) is 1.10. The molecule has 0 fully saturated rings. The van der Waals surface area contributed by atoms with Crippen molar-refractivity contribution in [3.8, 4) is 0 Å². The number of ether oxygens (including phenoxy) is 2. The first-order valence-electron chi connectivity index (χ1n) is 4.09. The van der Waals surface area contributed by atoms with E-state index in [9.17, 15) is 5.11 Å². The summed E-state index contributed by atoms with van der Waals surface area (Å²) >= 11 is 0. The van der Waals surface area contributed by atoms with E-state index in [0.717, 1.165) is 5.71 Å². The van der Waals surface area contributed by atoms with Gasteiger partial charge in [-0.25, -0.2) is 0 Å². The van der Waals surface area contributed by atoms with Crippen molar-refractivity contribution >= 4 is 5.71 Å². The molecule has 0 heterocycles. The third-order valence-electron chi connectivity index (χ3n) is 1.85. The molecule has 0 aromatic heterocycles.